The molecule has 3 rings (SSSR count). The fourth-order valence-corrected chi connectivity index (χ4v) is 3.83. The Labute approximate surface area is 204 Å². The Morgan fingerprint density at radius 2 is 1.71 bits per heavy atom. The molecule has 0 saturated carbocycles. The highest BCUT2D eigenvalue weighted by molar-refractivity contribution is 9.10. The molecular formula is C24H17BrCl3NO2. The summed E-state index contributed by atoms with van der Waals surface area (Å²) in [5.74, 6) is 1.13. The molecular weight excluding hydrogens is 521 g/mol. The minimum Gasteiger partial charge on any atom is -0.490 e. The van der Waals surface area contributed by atoms with Crippen LogP contribution >= 0.6 is 50.7 Å². The smallest absolute Gasteiger partial charge is 0.162 e. The molecule has 0 saturated heterocycles. The summed E-state index contributed by atoms with van der Waals surface area (Å²) >= 11 is 21.9. The molecule has 0 bridgehead atoms. The third-order valence-electron chi connectivity index (χ3n) is 4.33. The van der Waals surface area contributed by atoms with Crippen molar-refractivity contribution in [3.8, 4) is 17.6 Å². The first-order valence-electron chi connectivity index (χ1n) is 9.32. The number of benzene rings is 3. The average molecular weight is 538 g/mol. The minimum atomic E-state index is 0.293. The average Bonchev–Trinajstić information content (AvgIpc) is 2.76. The Morgan fingerprint density at radius 1 is 0.968 bits per heavy atom. The van der Waals surface area contributed by atoms with Crippen molar-refractivity contribution in [2.45, 2.75) is 13.5 Å². The molecule has 0 atom stereocenters. The minimum absolute atomic E-state index is 0.293. The van der Waals surface area contributed by atoms with E-state index in [1.54, 1.807) is 24.3 Å². The fraction of sp³-hybridized carbons (Fsp3) is 0.125. The zero-order valence-corrected chi connectivity index (χ0v) is 20.3. The molecule has 0 aromatic heterocycles. The van der Waals surface area contributed by atoms with E-state index in [-0.39, 0.29) is 0 Å². The first-order chi connectivity index (χ1) is 14.9. The number of rotatable bonds is 7. The number of hydrogen-bond donors (Lipinski definition) is 0. The highest BCUT2D eigenvalue weighted by atomic mass is 79.9. The van der Waals surface area contributed by atoms with Crippen LogP contribution in [0, 0.1) is 11.3 Å². The van der Waals surface area contributed by atoms with Crippen LogP contribution in [-0.2, 0) is 6.61 Å². The van der Waals surface area contributed by atoms with E-state index in [0.29, 0.717) is 50.9 Å². The maximum absolute atomic E-state index is 9.67. The molecule has 0 radical (unpaired) electrons. The standard InChI is InChI=1S/C24H17BrCl3NO2/c1-2-30-23-11-16(10-17(13-29)18-5-3-4-6-20(18)26)19(25)12-24(23)31-14-15-7-8-21(27)22(28)9-15/h3-12H,2,14H2,1H3. The van der Waals surface area contributed by atoms with Crippen LogP contribution in [0.1, 0.15) is 23.6 Å². The summed E-state index contributed by atoms with van der Waals surface area (Å²) in [7, 11) is 0. The topological polar surface area (TPSA) is 42.2 Å². The van der Waals surface area contributed by atoms with Gasteiger partial charge in [-0.1, -0.05) is 75.0 Å². The molecule has 31 heavy (non-hydrogen) atoms. The van der Waals surface area contributed by atoms with E-state index in [2.05, 4.69) is 22.0 Å². The van der Waals surface area contributed by atoms with Crippen LogP contribution in [0.5, 0.6) is 11.5 Å². The number of allylic oxidation sites excluding steroid dienone is 1. The van der Waals surface area contributed by atoms with Gasteiger partial charge >= 0.3 is 0 Å². The predicted octanol–water partition coefficient (Wildman–Crippen LogP) is 8.45. The third-order valence-corrected chi connectivity index (χ3v) is 6.08. The molecule has 0 N–H and O–H groups in total. The summed E-state index contributed by atoms with van der Waals surface area (Å²) in [4.78, 5) is 0. The third kappa shape index (κ3) is 5.96. The normalized spacial score (nSPS) is 11.2. The number of ether oxygens (including phenoxy) is 2. The summed E-state index contributed by atoms with van der Waals surface area (Å²) in [6.45, 7) is 2.65. The molecule has 0 fully saturated rings. The molecule has 7 heteroatoms. The van der Waals surface area contributed by atoms with E-state index in [1.165, 1.54) is 0 Å². The molecule has 3 aromatic carbocycles. The van der Waals surface area contributed by atoms with Crippen LogP contribution in [0.15, 0.2) is 59.1 Å². The van der Waals surface area contributed by atoms with Crippen LogP contribution in [0.25, 0.3) is 11.6 Å². The Morgan fingerprint density at radius 3 is 2.39 bits per heavy atom. The highest BCUT2D eigenvalue weighted by Crippen LogP contribution is 2.37. The van der Waals surface area contributed by atoms with Gasteiger partial charge in [0.15, 0.2) is 11.5 Å². The van der Waals surface area contributed by atoms with Crippen molar-refractivity contribution >= 4 is 62.4 Å². The molecule has 3 aromatic rings. The van der Waals surface area contributed by atoms with Crippen molar-refractivity contribution in [1.82, 2.24) is 0 Å². The zero-order valence-electron chi connectivity index (χ0n) is 16.5. The maximum atomic E-state index is 9.67. The van der Waals surface area contributed by atoms with Gasteiger partial charge in [0.25, 0.3) is 0 Å². The Balaban J connectivity index is 1.93. The summed E-state index contributed by atoms with van der Waals surface area (Å²) in [5, 5.41) is 11.1. The molecule has 0 unspecified atom stereocenters. The van der Waals surface area contributed by atoms with Gasteiger partial charge in [0, 0.05) is 15.1 Å². The first kappa shape index (κ1) is 23.5. The van der Waals surface area contributed by atoms with Gasteiger partial charge in [-0.05, 0) is 54.5 Å². The Bertz CT molecular complexity index is 1170. The number of halogens is 4. The molecule has 3 nitrogen and oxygen atoms in total. The number of hydrogen-bond acceptors (Lipinski definition) is 3. The molecule has 0 aliphatic rings. The van der Waals surface area contributed by atoms with Gasteiger partial charge in [0.05, 0.1) is 28.3 Å². The van der Waals surface area contributed by atoms with Crippen molar-refractivity contribution in [2.75, 3.05) is 6.61 Å². The second-order valence-corrected chi connectivity index (χ2v) is 8.52. The lowest BCUT2D eigenvalue weighted by atomic mass is 10.0. The summed E-state index contributed by atoms with van der Waals surface area (Å²) in [5.41, 5.74) is 2.75. The van der Waals surface area contributed by atoms with Gasteiger partial charge in [-0.2, -0.15) is 5.26 Å². The molecule has 0 aliphatic heterocycles. The molecule has 158 valence electrons. The summed E-state index contributed by atoms with van der Waals surface area (Å²) in [6.07, 6.45) is 1.76. The van der Waals surface area contributed by atoms with Crippen LogP contribution < -0.4 is 9.47 Å². The summed E-state index contributed by atoms with van der Waals surface area (Å²) < 4.78 is 12.5. The maximum Gasteiger partial charge on any atom is 0.162 e. The van der Waals surface area contributed by atoms with Gasteiger partial charge in [-0.3, -0.25) is 0 Å². The fourth-order valence-electron chi connectivity index (χ4n) is 2.84. The Kier molecular flexibility index (Phi) is 8.28. The second-order valence-electron chi connectivity index (χ2n) is 6.44. The molecule has 0 spiro atoms. The van der Waals surface area contributed by atoms with Crippen molar-refractivity contribution in [2.24, 2.45) is 0 Å². The van der Waals surface area contributed by atoms with Gasteiger partial charge in [0.1, 0.15) is 6.61 Å². The van der Waals surface area contributed by atoms with Gasteiger partial charge in [0.2, 0.25) is 0 Å². The van der Waals surface area contributed by atoms with Crippen molar-refractivity contribution in [1.29, 1.82) is 5.26 Å². The van der Waals surface area contributed by atoms with Crippen molar-refractivity contribution in [3.05, 3.63) is 90.8 Å². The lowest BCUT2D eigenvalue weighted by Gasteiger charge is -2.15. The van der Waals surface area contributed by atoms with Crippen molar-refractivity contribution < 1.29 is 9.47 Å². The quantitative estimate of drug-likeness (QED) is 0.224. The predicted molar refractivity (Wildman–Crippen MR) is 131 cm³/mol. The molecule has 0 aliphatic carbocycles. The van der Waals surface area contributed by atoms with E-state index in [1.807, 2.05) is 43.3 Å². The monoisotopic (exact) mass is 535 g/mol. The van der Waals surface area contributed by atoms with Crippen molar-refractivity contribution in [3.63, 3.8) is 0 Å². The SMILES string of the molecule is CCOc1cc(C=C(C#N)c2ccccc2Cl)c(Br)cc1OCc1ccc(Cl)c(Cl)c1. The van der Waals surface area contributed by atoms with Crippen LogP contribution in [0.4, 0.5) is 0 Å². The first-order valence-corrected chi connectivity index (χ1v) is 11.3. The van der Waals surface area contributed by atoms with Crippen LogP contribution in [0.3, 0.4) is 0 Å². The lowest BCUT2D eigenvalue weighted by molar-refractivity contribution is 0.269. The van der Waals surface area contributed by atoms with Gasteiger partial charge in [-0.15, -0.1) is 0 Å². The zero-order chi connectivity index (χ0) is 22.4. The van der Waals surface area contributed by atoms with Crippen LogP contribution in [0.2, 0.25) is 15.1 Å². The molecule has 0 amide bonds. The van der Waals surface area contributed by atoms with E-state index in [0.717, 1.165) is 15.6 Å². The number of nitriles is 1. The largest absolute Gasteiger partial charge is 0.490 e. The number of nitrogens with zero attached hydrogens (tertiary/aromatic N) is 1. The summed E-state index contributed by atoms with van der Waals surface area (Å²) in [6, 6.07) is 18.4. The molecule has 0 heterocycles. The van der Waals surface area contributed by atoms with E-state index in [9.17, 15) is 5.26 Å². The van der Waals surface area contributed by atoms with E-state index < -0.39 is 0 Å². The second kappa shape index (κ2) is 10.9. The van der Waals surface area contributed by atoms with E-state index >= 15 is 0 Å². The van der Waals surface area contributed by atoms with Gasteiger partial charge in [-0.25, -0.2) is 0 Å². The van der Waals surface area contributed by atoms with Crippen LogP contribution in [-0.4, -0.2) is 6.61 Å². The van der Waals surface area contributed by atoms with Gasteiger partial charge < -0.3 is 9.47 Å². The lowest BCUT2D eigenvalue weighted by Crippen LogP contribution is -2.00. The Hall–Kier alpha value is -2.16. The van der Waals surface area contributed by atoms with E-state index in [4.69, 9.17) is 44.3 Å². The highest BCUT2D eigenvalue weighted by Gasteiger charge is 2.13.